The lowest BCUT2D eigenvalue weighted by molar-refractivity contribution is -0.0835. The Kier molecular flexibility index (Phi) is 2.62. The van der Waals surface area contributed by atoms with Crippen LogP contribution in [0, 0.1) is 5.21 Å². The number of hydrogen-bond donors (Lipinski definition) is 1. The minimum atomic E-state index is -0.291. The average molecular weight is 146 g/mol. The second kappa shape index (κ2) is 3.30. The standard InChI is InChI=1S/C6H12NO3/c1-5-2-7(9)3-6(4-8)10-5/h5-6,8H,2-4H2,1H3/q-1/t5?,6-/m0/s1. The molecule has 1 fully saturated rings. The third-order valence-electron chi connectivity index (χ3n) is 1.50. The lowest BCUT2D eigenvalue weighted by Gasteiger charge is -2.40. The number of nitrogens with zero attached hydrogens (tertiary/aromatic N) is 1. The second-order valence-corrected chi connectivity index (χ2v) is 2.60. The highest BCUT2D eigenvalue weighted by molar-refractivity contribution is 4.74. The fourth-order valence-electron chi connectivity index (χ4n) is 1.10. The summed E-state index contributed by atoms with van der Waals surface area (Å²) in [5, 5.41) is 20.3. The maximum absolute atomic E-state index is 10.8. The number of ether oxygens (including phenoxy) is 1. The van der Waals surface area contributed by atoms with E-state index in [2.05, 4.69) is 0 Å². The van der Waals surface area contributed by atoms with Crippen LogP contribution in [0.15, 0.2) is 0 Å². The Morgan fingerprint density at radius 3 is 2.90 bits per heavy atom. The number of hydroxylamine groups is 2. The highest BCUT2D eigenvalue weighted by Crippen LogP contribution is 2.08. The molecule has 0 radical (unpaired) electrons. The first kappa shape index (κ1) is 7.94. The van der Waals surface area contributed by atoms with E-state index < -0.39 is 0 Å². The molecule has 0 aromatic rings. The first-order valence-electron chi connectivity index (χ1n) is 3.40. The molecule has 1 aliphatic heterocycles. The highest BCUT2D eigenvalue weighted by Gasteiger charge is 2.18. The highest BCUT2D eigenvalue weighted by atomic mass is 16.5. The molecule has 0 aliphatic carbocycles. The Labute approximate surface area is 60.0 Å². The summed E-state index contributed by atoms with van der Waals surface area (Å²) < 4.78 is 5.21. The molecule has 1 aliphatic rings. The third-order valence-corrected chi connectivity index (χ3v) is 1.50. The first-order valence-corrected chi connectivity index (χ1v) is 3.40. The minimum Gasteiger partial charge on any atom is -0.785 e. The molecule has 0 aromatic carbocycles. The summed E-state index contributed by atoms with van der Waals surface area (Å²) in [4.78, 5) is 0. The van der Waals surface area contributed by atoms with Crippen LogP contribution >= 0.6 is 0 Å². The van der Waals surface area contributed by atoms with Crippen molar-refractivity contribution in [2.24, 2.45) is 0 Å². The van der Waals surface area contributed by atoms with E-state index in [4.69, 9.17) is 9.84 Å². The van der Waals surface area contributed by atoms with Crippen LogP contribution < -0.4 is 0 Å². The molecule has 10 heavy (non-hydrogen) atoms. The fraction of sp³-hybridized carbons (Fsp3) is 1.00. The normalized spacial score (nSPS) is 36.3. The summed E-state index contributed by atoms with van der Waals surface area (Å²) in [5.41, 5.74) is 0. The van der Waals surface area contributed by atoms with Gasteiger partial charge in [0.1, 0.15) is 0 Å². The van der Waals surface area contributed by atoms with Crippen LogP contribution in [0.2, 0.25) is 0 Å². The van der Waals surface area contributed by atoms with Crippen LogP contribution in [0.25, 0.3) is 0 Å². The van der Waals surface area contributed by atoms with E-state index in [0.717, 1.165) is 5.06 Å². The molecular weight excluding hydrogens is 134 g/mol. The van der Waals surface area contributed by atoms with E-state index in [9.17, 15) is 5.21 Å². The molecule has 1 unspecified atom stereocenters. The quantitative estimate of drug-likeness (QED) is 0.545. The van der Waals surface area contributed by atoms with Crippen LogP contribution in [0.5, 0.6) is 0 Å². The Bertz CT molecular complexity index is 99.2. The van der Waals surface area contributed by atoms with Crippen molar-refractivity contribution in [3.8, 4) is 0 Å². The number of hydrogen-bond acceptors (Lipinski definition) is 4. The number of morpholine rings is 1. The van der Waals surface area contributed by atoms with Crippen LogP contribution in [0.1, 0.15) is 6.92 Å². The van der Waals surface area contributed by atoms with Gasteiger partial charge in [-0.3, -0.25) is 0 Å². The summed E-state index contributed by atoms with van der Waals surface area (Å²) in [5.74, 6) is 0. The van der Waals surface area contributed by atoms with Gasteiger partial charge in [-0.1, -0.05) is 0 Å². The smallest absolute Gasteiger partial charge is 0.0927 e. The molecule has 1 heterocycles. The average Bonchev–Trinajstić information content (AvgIpc) is 1.85. The molecule has 4 nitrogen and oxygen atoms in total. The summed E-state index contributed by atoms with van der Waals surface area (Å²) >= 11 is 0. The van der Waals surface area contributed by atoms with Gasteiger partial charge in [0.25, 0.3) is 0 Å². The molecule has 1 rings (SSSR count). The van der Waals surface area contributed by atoms with E-state index in [-0.39, 0.29) is 18.8 Å². The summed E-state index contributed by atoms with van der Waals surface area (Å²) in [6.45, 7) is 2.47. The Hall–Kier alpha value is -0.160. The minimum absolute atomic E-state index is 0.0524. The topological polar surface area (TPSA) is 55.8 Å². The molecular formula is C6H12NO3-. The van der Waals surface area contributed by atoms with Crippen LogP contribution in [-0.2, 0) is 4.74 Å². The third kappa shape index (κ3) is 1.91. The van der Waals surface area contributed by atoms with Gasteiger partial charge in [0.2, 0.25) is 0 Å². The van der Waals surface area contributed by atoms with Gasteiger partial charge in [-0.25, -0.2) is 0 Å². The molecule has 0 bridgehead atoms. The largest absolute Gasteiger partial charge is 0.785 e. The van der Waals surface area contributed by atoms with Crippen LogP contribution in [0.3, 0.4) is 0 Å². The van der Waals surface area contributed by atoms with E-state index in [1.165, 1.54) is 0 Å². The molecule has 1 N–H and O–H groups in total. The van der Waals surface area contributed by atoms with Gasteiger partial charge in [0.05, 0.1) is 18.8 Å². The molecule has 60 valence electrons. The second-order valence-electron chi connectivity index (χ2n) is 2.60. The number of aliphatic hydroxyl groups is 1. The van der Waals surface area contributed by atoms with Crippen molar-refractivity contribution in [3.63, 3.8) is 0 Å². The number of aliphatic hydroxyl groups excluding tert-OH is 1. The van der Waals surface area contributed by atoms with Gasteiger partial charge in [-0.05, 0) is 6.92 Å². The Morgan fingerprint density at radius 1 is 1.70 bits per heavy atom. The van der Waals surface area contributed by atoms with E-state index in [1.54, 1.807) is 0 Å². The van der Waals surface area contributed by atoms with Gasteiger partial charge < -0.3 is 20.1 Å². The summed E-state index contributed by atoms with van der Waals surface area (Å²) in [6, 6.07) is 0. The van der Waals surface area contributed by atoms with Gasteiger partial charge in [0, 0.05) is 13.1 Å². The zero-order valence-electron chi connectivity index (χ0n) is 5.99. The van der Waals surface area contributed by atoms with Gasteiger partial charge >= 0.3 is 0 Å². The monoisotopic (exact) mass is 146 g/mol. The van der Waals surface area contributed by atoms with Gasteiger partial charge in [-0.2, -0.15) is 0 Å². The maximum atomic E-state index is 10.8. The van der Waals surface area contributed by atoms with Crippen molar-refractivity contribution in [2.75, 3.05) is 19.7 Å². The molecule has 2 atom stereocenters. The Balaban J connectivity index is 2.35. The van der Waals surface area contributed by atoms with Crippen molar-refractivity contribution in [1.29, 1.82) is 0 Å². The first-order chi connectivity index (χ1) is 4.72. The number of rotatable bonds is 1. The molecule has 0 spiro atoms. The predicted octanol–water partition coefficient (Wildman–Crippen LogP) is -0.434. The van der Waals surface area contributed by atoms with Crippen molar-refractivity contribution in [3.05, 3.63) is 5.21 Å². The van der Waals surface area contributed by atoms with Crippen molar-refractivity contribution >= 4 is 0 Å². The van der Waals surface area contributed by atoms with E-state index in [1.807, 2.05) is 6.92 Å². The molecule has 0 amide bonds. The van der Waals surface area contributed by atoms with E-state index in [0.29, 0.717) is 13.1 Å². The van der Waals surface area contributed by atoms with Crippen molar-refractivity contribution < 1.29 is 9.84 Å². The van der Waals surface area contributed by atoms with Gasteiger partial charge in [-0.15, -0.1) is 0 Å². The summed E-state index contributed by atoms with van der Waals surface area (Å²) in [7, 11) is 0. The maximum Gasteiger partial charge on any atom is 0.0927 e. The zero-order chi connectivity index (χ0) is 7.56. The zero-order valence-corrected chi connectivity index (χ0v) is 5.99. The Morgan fingerprint density at radius 2 is 2.40 bits per heavy atom. The van der Waals surface area contributed by atoms with Crippen LogP contribution in [-0.4, -0.2) is 42.1 Å². The van der Waals surface area contributed by atoms with Crippen molar-refractivity contribution in [2.45, 2.75) is 19.1 Å². The molecule has 1 saturated heterocycles. The van der Waals surface area contributed by atoms with Crippen LogP contribution in [0.4, 0.5) is 0 Å². The predicted molar refractivity (Wildman–Crippen MR) is 36.4 cm³/mol. The SMILES string of the molecule is CC1CN([O-])C[C@@H](CO)O1. The van der Waals surface area contributed by atoms with Crippen molar-refractivity contribution in [1.82, 2.24) is 5.06 Å². The molecule has 0 saturated carbocycles. The fourth-order valence-corrected chi connectivity index (χ4v) is 1.10. The van der Waals surface area contributed by atoms with Gasteiger partial charge in [0.15, 0.2) is 0 Å². The molecule has 0 aromatic heterocycles. The molecule has 4 heteroatoms. The lowest BCUT2D eigenvalue weighted by atomic mass is 10.2. The lowest BCUT2D eigenvalue weighted by Crippen LogP contribution is -2.45. The summed E-state index contributed by atoms with van der Waals surface area (Å²) in [6.07, 6.45) is -0.343. The van der Waals surface area contributed by atoms with E-state index >= 15 is 0 Å².